The van der Waals surface area contributed by atoms with E-state index >= 15 is 0 Å². The molecule has 2 amide bonds. The van der Waals surface area contributed by atoms with E-state index in [0.29, 0.717) is 24.3 Å². The van der Waals surface area contributed by atoms with E-state index in [1.807, 2.05) is 61.6 Å². The Morgan fingerprint density at radius 1 is 0.730 bits per heavy atom. The maximum Gasteiger partial charge on any atom is 0.259 e. The summed E-state index contributed by atoms with van der Waals surface area (Å²) in [5.74, 6) is -0.650. The Bertz CT molecular complexity index is 1880. The topological polar surface area (TPSA) is 65.3 Å². The van der Waals surface area contributed by atoms with Gasteiger partial charge in [0.2, 0.25) is 0 Å². The average Bonchev–Trinajstić information content (AvgIpc) is 3.52. The Labute approximate surface area is 213 Å². The van der Waals surface area contributed by atoms with Gasteiger partial charge in [0.15, 0.2) is 0 Å². The van der Waals surface area contributed by atoms with E-state index in [1.165, 1.54) is 0 Å². The highest BCUT2D eigenvalue weighted by Crippen LogP contribution is 2.44. The summed E-state index contributed by atoms with van der Waals surface area (Å²) < 4.78 is 10.4. The SMILES string of the molecule is Cn1c2ccccc2c2c3c(c4c5ccccc5n(CCCOCc5ccccc5)c4c21)C(=O)NC3=O. The predicted octanol–water partition coefficient (Wildman–Crippen LogP) is 5.93. The average molecular weight is 488 g/mol. The van der Waals surface area contributed by atoms with Gasteiger partial charge in [0.05, 0.1) is 28.8 Å². The van der Waals surface area contributed by atoms with Crippen LogP contribution in [0.5, 0.6) is 0 Å². The van der Waals surface area contributed by atoms with Crippen LogP contribution in [-0.2, 0) is 24.9 Å². The number of nitrogens with zero attached hydrogens (tertiary/aromatic N) is 2. The zero-order chi connectivity index (χ0) is 25.1. The molecule has 182 valence electrons. The summed E-state index contributed by atoms with van der Waals surface area (Å²) in [4.78, 5) is 26.3. The van der Waals surface area contributed by atoms with E-state index in [2.05, 4.69) is 38.7 Å². The third-order valence-corrected chi connectivity index (χ3v) is 7.52. The lowest BCUT2D eigenvalue weighted by molar-refractivity contribution is 0.0880. The number of nitrogens with one attached hydrogen (secondary N) is 1. The van der Waals surface area contributed by atoms with Crippen molar-refractivity contribution in [2.24, 2.45) is 7.05 Å². The molecule has 0 aliphatic carbocycles. The third kappa shape index (κ3) is 3.16. The van der Waals surface area contributed by atoms with Crippen molar-refractivity contribution >= 4 is 55.4 Å². The molecule has 0 unspecified atom stereocenters. The molecule has 6 aromatic rings. The zero-order valence-electron chi connectivity index (χ0n) is 20.5. The van der Waals surface area contributed by atoms with Gasteiger partial charge >= 0.3 is 0 Å². The molecule has 7 rings (SSSR count). The highest BCUT2D eigenvalue weighted by molar-refractivity contribution is 6.39. The molecule has 37 heavy (non-hydrogen) atoms. The summed E-state index contributed by atoms with van der Waals surface area (Å²) in [5.41, 5.74) is 6.16. The molecular formula is C31H25N3O3. The lowest BCUT2D eigenvalue weighted by Crippen LogP contribution is -2.20. The van der Waals surface area contributed by atoms with Crippen molar-refractivity contribution in [3.05, 3.63) is 95.6 Å². The Hall–Kier alpha value is -4.42. The van der Waals surface area contributed by atoms with E-state index in [9.17, 15) is 9.59 Å². The Balaban J connectivity index is 1.44. The maximum atomic E-state index is 13.2. The number of carbonyl (C=O) groups excluding carboxylic acids is 2. The van der Waals surface area contributed by atoms with Gasteiger partial charge in [-0.2, -0.15) is 0 Å². The fraction of sp³-hybridized carbons (Fsp3) is 0.161. The van der Waals surface area contributed by atoms with E-state index < -0.39 is 0 Å². The van der Waals surface area contributed by atoms with Crippen LogP contribution in [0.2, 0.25) is 0 Å². The van der Waals surface area contributed by atoms with Gasteiger partial charge in [0.25, 0.3) is 11.8 Å². The van der Waals surface area contributed by atoms with E-state index in [-0.39, 0.29) is 11.8 Å². The van der Waals surface area contributed by atoms with Crippen LogP contribution < -0.4 is 5.32 Å². The van der Waals surface area contributed by atoms with Crippen LogP contribution in [0.15, 0.2) is 78.9 Å². The highest BCUT2D eigenvalue weighted by atomic mass is 16.5. The van der Waals surface area contributed by atoms with Gasteiger partial charge in [-0.25, -0.2) is 0 Å². The first-order valence-electron chi connectivity index (χ1n) is 12.6. The minimum absolute atomic E-state index is 0.325. The van der Waals surface area contributed by atoms with Crippen LogP contribution in [0.3, 0.4) is 0 Å². The number of para-hydroxylation sites is 2. The zero-order valence-corrected chi connectivity index (χ0v) is 20.5. The van der Waals surface area contributed by atoms with Crippen molar-refractivity contribution in [3.8, 4) is 0 Å². The normalized spacial score (nSPS) is 13.3. The molecule has 2 aromatic heterocycles. The summed E-state index contributed by atoms with van der Waals surface area (Å²) >= 11 is 0. The molecule has 3 heterocycles. The first-order chi connectivity index (χ1) is 18.1. The van der Waals surface area contributed by atoms with Gasteiger partial charge in [-0.05, 0) is 24.1 Å². The number of aryl methyl sites for hydroxylation is 2. The van der Waals surface area contributed by atoms with Crippen LogP contribution in [0.4, 0.5) is 0 Å². The Kier molecular flexibility index (Phi) is 4.91. The van der Waals surface area contributed by atoms with Gasteiger partial charge in [-0.3, -0.25) is 14.9 Å². The number of rotatable bonds is 6. The van der Waals surface area contributed by atoms with Crippen molar-refractivity contribution < 1.29 is 14.3 Å². The number of imide groups is 1. The number of hydrogen-bond donors (Lipinski definition) is 1. The van der Waals surface area contributed by atoms with Crippen molar-refractivity contribution in [3.63, 3.8) is 0 Å². The number of benzene rings is 4. The van der Waals surface area contributed by atoms with Gasteiger partial charge in [-0.1, -0.05) is 66.7 Å². The van der Waals surface area contributed by atoms with Gasteiger partial charge in [-0.15, -0.1) is 0 Å². The minimum atomic E-state index is -0.325. The fourth-order valence-electron chi connectivity index (χ4n) is 5.98. The number of hydrogen-bond acceptors (Lipinski definition) is 3. The Morgan fingerprint density at radius 3 is 2.05 bits per heavy atom. The van der Waals surface area contributed by atoms with E-state index in [4.69, 9.17) is 4.74 Å². The molecule has 0 atom stereocenters. The molecule has 0 spiro atoms. The second-order valence-electron chi connectivity index (χ2n) is 9.62. The predicted molar refractivity (Wildman–Crippen MR) is 146 cm³/mol. The number of amides is 2. The molecule has 0 bridgehead atoms. The summed E-state index contributed by atoms with van der Waals surface area (Å²) in [6.07, 6.45) is 0.814. The summed E-state index contributed by atoms with van der Waals surface area (Å²) in [7, 11) is 2.04. The van der Waals surface area contributed by atoms with Crippen LogP contribution in [0, 0.1) is 0 Å². The maximum absolute atomic E-state index is 13.2. The van der Waals surface area contributed by atoms with Crippen molar-refractivity contribution in [2.75, 3.05) is 6.61 Å². The lowest BCUT2D eigenvalue weighted by Gasteiger charge is -2.11. The first kappa shape index (κ1) is 21.8. The fourth-order valence-corrected chi connectivity index (χ4v) is 5.98. The molecule has 0 saturated carbocycles. The second kappa shape index (κ2) is 8.32. The van der Waals surface area contributed by atoms with Crippen LogP contribution >= 0.6 is 0 Å². The number of fused-ring (bicyclic) bond motifs is 10. The quantitative estimate of drug-likeness (QED) is 0.234. The number of ether oxygens (including phenoxy) is 1. The second-order valence-corrected chi connectivity index (χ2v) is 9.62. The molecule has 6 nitrogen and oxygen atoms in total. The summed E-state index contributed by atoms with van der Waals surface area (Å²) in [6, 6.07) is 26.4. The van der Waals surface area contributed by atoms with Crippen molar-refractivity contribution in [1.82, 2.24) is 14.5 Å². The van der Waals surface area contributed by atoms with Crippen molar-refractivity contribution in [1.29, 1.82) is 0 Å². The van der Waals surface area contributed by atoms with Gasteiger partial charge in [0.1, 0.15) is 0 Å². The third-order valence-electron chi connectivity index (χ3n) is 7.52. The molecule has 4 aromatic carbocycles. The molecule has 0 saturated heterocycles. The molecule has 0 fully saturated rings. The molecule has 1 aliphatic heterocycles. The largest absolute Gasteiger partial charge is 0.377 e. The number of aromatic nitrogens is 2. The first-order valence-corrected chi connectivity index (χ1v) is 12.6. The van der Waals surface area contributed by atoms with E-state index in [1.54, 1.807) is 0 Å². The molecular weight excluding hydrogens is 462 g/mol. The monoisotopic (exact) mass is 487 g/mol. The molecule has 6 heteroatoms. The van der Waals surface area contributed by atoms with E-state index in [0.717, 1.165) is 62.1 Å². The van der Waals surface area contributed by atoms with Gasteiger partial charge < -0.3 is 13.9 Å². The van der Waals surface area contributed by atoms with Gasteiger partial charge in [0, 0.05) is 52.8 Å². The standard InChI is InChI=1S/C31H25N3O3/c1-33-22-14-7-5-12-20(22)24-26-27(31(36)32-30(26)35)25-21-13-6-8-15-23(21)34(29(25)28(24)33)16-9-17-37-18-19-10-3-2-4-11-19/h2-8,10-15H,9,16-18H2,1H3,(H,32,35,36). The summed E-state index contributed by atoms with van der Waals surface area (Å²) in [5, 5.41) is 6.22. The summed E-state index contributed by atoms with van der Waals surface area (Å²) in [6.45, 7) is 1.92. The molecule has 1 aliphatic rings. The smallest absolute Gasteiger partial charge is 0.259 e. The number of carbonyl (C=O) groups is 2. The van der Waals surface area contributed by atoms with Crippen molar-refractivity contribution in [2.45, 2.75) is 19.6 Å². The minimum Gasteiger partial charge on any atom is -0.377 e. The van der Waals surface area contributed by atoms with Crippen LogP contribution in [-0.4, -0.2) is 27.6 Å². The Morgan fingerprint density at radius 2 is 1.32 bits per heavy atom. The molecule has 1 N–H and O–H groups in total. The molecule has 0 radical (unpaired) electrons. The highest BCUT2D eigenvalue weighted by Gasteiger charge is 2.36. The van der Waals surface area contributed by atoms with Crippen LogP contribution in [0.1, 0.15) is 32.7 Å². The van der Waals surface area contributed by atoms with Crippen LogP contribution in [0.25, 0.3) is 43.6 Å². The lowest BCUT2D eigenvalue weighted by atomic mass is 9.96.